The number of hydrogen-bond acceptors (Lipinski definition) is 7. The smallest absolute Gasteiger partial charge is 0.326 e. The van der Waals surface area contributed by atoms with Gasteiger partial charge in [0, 0.05) is 17.0 Å². The summed E-state index contributed by atoms with van der Waals surface area (Å²) >= 11 is 0. The van der Waals surface area contributed by atoms with Gasteiger partial charge in [0.15, 0.2) is 6.61 Å². The summed E-state index contributed by atoms with van der Waals surface area (Å²) in [5.41, 5.74) is 1.37. The highest BCUT2D eigenvalue weighted by atomic mass is 16.6. The van der Waals surface area contributed by atoms with Gasteiger partial charge in [0.1, 0.15) is 12.1 Å². The number of hydrogen-bond donors (Lipinski definition) is 1. The Hall–Kier alpha value is -5.12. The standard InChI is InChI=1S/C26H17N3O7/c30-20(23-16-9-4-5-11-18(16)27-24(23)15-7-2-1-3-8-15)14-36-21(31)13-28-25(32)17-10-6-12-19(29(34)35)22(17)26(28)33/h1-12,27H,13-14H2. The number of H-pyrrole nitrogens is 1. The first-order chi connectivity index (χ1) is 17.4. The number of rotatable bonds is 7. The molecule has 3 aromatic carbocycles. The van der Waals surface area contributed by atoms with E-state index in [9.17, 15) is 29.3 Å². The molecule has 0 bridgehead atoms. The van der Waals surface area contributed by atoms with Crippen LogP contribution in [0, 0.1) is 10.1 Å². The fourth-order valence-electron chi connectivity index (χ4n) is 4.26. The molecular formula is C26H17N3O7. The van der Waals surface area contributed by atoms with Crippen LogP contribution >= 0.6 is 0 Å². The van der Waals surface area contributed by atoms with Crippen LogP contribution in [-0.2, 0) is 9.53 Å². The van der Waals surface area contributed by atoms with Crippen molar-refractivity contribution in [2.24, 2.45) is 0 Å². The number of aromatic nitrogens is 1. The Balaban J connectivity index is 1.34. The number of ketones is 1. The number of esters is 1. The number of nitro benzene ring substituents is 1. The van der Waals surface area contributed by atoms with E-state index < -0.39 is 47.3 Å². The Kier molecular flexibility index (Phi) is 5.61. The first-order valence-electron chi connectivity index (χ1n) is 10.9. The maximum absolute atomic E-state index is 13.2. The Bertz CT molecular complexity index is 1570. The van der Waals surface area contributed by atoms with Crippen molar-refractivity contribution < 1.29 is 28.8 Å². The number of nitrogens with one attached hydrogen (secondary N) is 1. The highest BCUT2D eigenvalue weighted by molar-refractivity contribution is 6.24. The van der Waals surface area contributed by atoms with Crippen LogP contribution in [0.4, 0.5) is 5.69 Å². The van der Waals surface area contributed by atoms with Gasteiger partial charge in [-0.1, -0.05) is 54.6 Å². The number of Topliss-reactive ketones (excluding diaryl/α,β-unsaturated/α-hetero) is 1. The third kappa shape index (κ3) is 3.80. The van der Waals surface area contributed by atoms with E-state index >= 15 is 0 Å². The molecule has 36 heavy (non-hydrogen) atoms. The highest BCUT2D eigenvalue weighted by Crippen LogP contribution is 2.32. The predicted molar refractivity (Wildman–Crippen MR) is 127 cm³/mol. The Morgan fingerprint density at radius 3 is 2.39 bits per heavy atom. The fourth-order valence-corrected chi connectivity index (χ4v) is 4.26. The Morgan fingerprint density at radius 1 is 0.917 bits per heavy atom. The molecule has 1 N–H and O–H groups in total. The lowest BCUT2D eigenvalue weighted by Crippen LogP contribution is -2.36. The van der Waals surface area contributed by atoms with Crippen molar-refractivity contribution in [2.75, 3.05) is 13.2 Å². The van der Waals surface area contributed by atoms with E-state index in [2.05, 4.69) is 4.98 Å². The lowest BCUT2D eigenvalue weighted by molar-refractivity contribution is -0.385. The first kappa shape index (κ1) is 22.7. The van der Waals surface area contributed by atoms with E-state index in [1.807, 2.05) is 42.5 Å². The normalized spacial score (nSPS) is 12.6. The van der Waals surface area contributed by atoms with Crippen molar-refractivity contribution in [3.05, 3.63) is 99.6 Å². The van der Waals surface area contributed by atoms with Crippen LogP contribution in [-0.4, -0.2) is 51.5 Å². The average molecular weight is 483 g/mol. The summed E-state index contributed by atoms with van der Waals surface area (Å²) < 4.78 is 5.12. The first-order valence-corrected chi connectivity index (χ1v) is 10.9. The zero-order valence-corrected chi connectivity index (χ0v) is 18.6. The van der Waals surface area contributed by atoms with Crippen molar-refractivity contribution in [1.29, 1.82) is 0 Å². The minimum atomic E-state index is -0.999. The number of para-hydroxylation sites is 1. The summed E-state index contributed by atoms with van der Waals surface area (Å²) in [6, 6.07) is 20.1. The highest BCUT2D eigenvalue weighted by Gasteiger charge is 2.42. The molecule has 5 rings (SSSR count). The van der Waals surface area contributed by atoms with Crippen molar-refractivity contribution in [3.63, 3.8) is 0 Å². The van der Waals surface area contributed by atoms with Gasteiger partial charge in [-0.05, 0) is 17.7 Å². The largest absolute Gasteiger partial charge is 0.456 e. The Labute approximate surface area is 203 Å². The molecule has 0 atom stereocenters. The lowest BCUT2D eigenvalue weighted by Gasteiger charge is -2.13. The lowest BCUT2D eigenvalue weighted by atomic mass is 10.0. The van der Waals surface area contributed by atoms with Crippen molar-refractivity contribution in [1.82, 2.24) is 9.88 Å². The van der Waals surface area contributed by atoms with Gasteiger partial charge in [0.05, 0.1) is 21.7 Å². The van der Waals surface area contributed by atoms with Gasteiger partial charge in [-0.15, -0.1) is 0 Å². The molecule has 0 radical (unpaired) electrons. The molecule has 0 saturated carbocycles. The molecule has 4 aromatic rings. The SMILES string of the molecule is O=C(CN1C(=O)c2cccc([N+](=O)[O-])c2C1=O)OCC(=O)c1c(-c2ccccc2)[nH]c2ccccc12. The number of fused-ring (bicyclic) bond motifs is 2. The molecule has 0 spiro atoms. The van der Waals surface area contributed by atoms with Crippen LogP contribution in [0.15, 0.2) is 72.8 Å². The van der Waals surface area contributed by atoms with Gasteiger partial charge in [0.25, 0.3) is 17.5 Å². The number of carbonyl (C=O) groups is 4. The fraction of sp³-hybridized carbons (Fsp3) is 0.0769. The quantitative estimate of drug-likeness (QED) is 0.139. The van der Waals surface area contributed by atoms with E-state index in [-0.39, 0.29) is 11.1 Å². The van der Waals surface area contributed by atoms with Crippen LogP contribution < -0.4 is 0 Å². The summed E-state index contributed by atoms with van der Waals surface area (Å²) in [6.07, 6.45) is 0. The van der Waals surface area contributed by atoms with Gasteiger partial charge >= 0.3 is 5.97 Å². The number of ether oxygens (including phenoxy) is 1. The van der Waals surface area contributed by atoms with E-state index in [0.29, 0.717) is 21.5 Å². The number of aromatic amines is 1. The molecule has 178 valence electrons. The molecule has 1 aromatic heterocycles. The van der Waals surface area contributed by atoms with Crippen LogP contribution in [0.1, 0.15) is 31.1 Å². The number of nitro groups is 1. The van der Waals surface area contributed by atoms with Crippen LogP contribution in [0.3, 0.4) is 0 Å². The number of imide groups is 1. The van der Waals surface area contributed by atoms with E-state index in [4.69, 9.17) is 4.74 Å². The number of carbonyl (C=O) groups excluding carboxylic acids is 4. The molecule has 10 heteroatoms. The van der Waals surface area contributed by atoms with Crippen LogP contribution in [0.2, 0.25) is 0 Å². The predicted octanol–water partition coefficient (Wildman–Crippen LogP) is 3.77. The summed E-state index contributed by atoms with van der Waals surface area (Å²) in [4.78, 5) is 65.2. The average Bonchev–Trinajstić information content (AvgIpc) is 3.39. The number of benzene rings is 3. The molecule has 10 nitrogen and oxygen atoms in total. The monoisotopic (exact) mass is 483 g/mol. The summed E-state index contributed by atoms with van der Waals surface area (Å²) in [5, 5.41) is 11.9. The van der Waals surface area contributed by atoms with Crippen molar-refractivity contribution in [3.8, 4) is 11.3 Å². The van der Waals surface area contributed by atoms with E-state index in [0.717, 1.165) is 17.1 Å². The maximum Gasteiger partial charge on any atom is 0.326 e. The van der Waals surface area contributed by atoms with Gasteiger partial charge in [-0.25, -0.2) is 0 Å². The molecule has 0 fully saturated rings. The molecule has 1 aliphatic heterocycles. The van der Waals surface area contributed by atoms with Crippen molar-refractivity contribution >= 4 is 40.2 Å². The summed E-state index contributed by atoms with van der Waals surface area (Å²) in [7, 11) is 0. The van der Waals surface area contributed by atoms with Gasteiger partial charge in [-0.2, -0.15) is 0 Å². The molecule has 0 unspecified atom stereocenters. The van der Waals surface area contributed by atoms with Gasteiger partial charge in [-0.3, -0.25) is 34.2 Å². The Morgan fingerprint density at radius 2 is 1.64 bits per heavy atom. The topological polar surface area (TPSA) is 140 Å². The summed E-state index contributed by atoms with van der Waals surface area (Å²) in [5.74, 6) is -3.28. The second-order valence-electron chi connectivity index (χ2n) is 8.02. The summed E-state index contributed by atoms with van der Waals surface area (Å²) in [6.45, 7) is -1.40. The molecule has 2 heterocycles. The third-order valence-electron chi connectivity index (χ3n) is 5.87. The maximum atomic E-state index is 13.2. The van der Waals surface area contributed by atoms with Crippen LogP contribution in [0.25, 0.3) is 22.2 Å². The zero-order chi connectivity index (χ0) is 25.4. The van der Waals surface area contributed by atoms with Gasteiger partial charge < -0.3 is 9.72 Å². The second-order valence-corrected chi connectivity index (χ2v) is 8.02. The van der Waals surface area contributed by atoms with E-state index in [1.165, 1.54) is 12.1 Å². The number of nitrogens with zero attached hydrogens (tertiary/aromatic N) is 2. The zero-order valence-electron chi connectivity index (χ0n) is 18.6. The molecule has 0 saturated heterocycles. The third-order valence-corrected chi connectivity index (χ3v) is 5.87. The molecular weight excluding hydrogens is 466 g/mol. The number of amides is 2. The molecule has 0 aliphatic carbocycles. The minimum Gasteiger partial charge on any atom is -0.456 e. The van der Waals surface area contributed by atoms with E-state index in [1.54, 1.807) is 12.1 Å². The van der Waals surface area contributed by atoms with Crippen molar-refractivity contribution in [2.45, 2.75) is 0 Å². The minimum absolute atomic E-state index is 0.163. The molecule has 2 amide bonds. The molecule has 1 aliphatic rings. The second kappa shape index (κ2) is 8.91. The van der Waals surface area contributed by atoms with Gasteiger partial charge in [0.2, 0.25) is 5.78 Å². The van der Waals surface area contributed by atoms with Crippen LogP contribution in [0.5, 0.6) is 0 Å².